The fourth-order valence-corrected chi connectivity index (χ4v) is 4.31. The lowest BCUT2D eigenvalue weighted by Gasteiger charge is -2.22. The highest BCUT2D eigenvalue weighted by atomic mass is 16.5. The molecule has 134 valence electrons. The second-order valence-electron chi connectivity index (χ2n) is 7.33. The maximum Gasteiger partial charge on any atom is 0.143 e. The van der Waals surface area contributed by atoms with E-state index in [1.807, 2.05) is 19.3 Å². The number of hydrogen-bond acceptors (Lipinski definition) is 5. The molecule has 1 aliphatic heterocycles. The van der Waals surface area contributed by atoms with Gasteiger partial charge in [-0.05, 0) is 44.4 Å². The highest BCUT2D eigenvalue weighted by molar-refractivity contribution is 5.78. The van der Waals surface area contributed by atoms with Crippen molar-refractivity contribution in [3.63, 3.8) is 0 Å². The molecule has 1 fully saturated rings. The molecule has 2 atom stereocenters. The van der Waals surface area contributed by atoms with Crippen molar-refractivity contribution >= 4 is 11.0 Å². The summed E-state index contributed by atoms with van der Waals surface area (Å²) in [6.45, 7) is 3.93. The van der Waals surface area contributed by atoms with Gasteiger partial charge in [-0.1, -0.05) is 0 Å². The van der Waals surface area contributed by atoms with Crippen LogP contribution >= 0.6 is 0 Å². The van der Waals surface area contributed by atoms with Gasteiger partial charge in [0.1, 0.15) is 23.8 Å². The van der Waals surface area contributed by atoms with Crippen molar-refractivity contribution in [1.29, 1.82) is 0 Å². The molecule has 2 aliphatic rings. The number of fused-ring (bicyclic) bond motifs is 2. The maximum atomic E-state index is 6.39. The lowest BCUT2D eigenvalue weighted by molar-refractivity contribution is 0.201. The smallest absolute Gasteiger partial charge is 0.143 e. The molecule has 26 heavy (non-hydrogen) atoms. The van der Waals surface area contributed by atoms with Gasteiger partial charge in [-0.3, -0.25) is 4.98 Å². The third-order valence-corrected chi connectivity index (χ3v) is 5.73. The molecule has 0 aromatic carbocycles. The van der Waals surface area contributed by atoms with Gasteiger partial charge >= 0.3 is 0 Å². The van der Waals surface area contributed by atoms with Crippen LogP contribution in [0.2, 0.25) is 0 Å². The van der Waals surface area contributed by atoms with Gasteiger partial charge in [0.15, 0.2) is 0 Å². The summed E-state index contributed by atoms with van der Waals surface area (Å²) in [5, 5.41) is 4.58. The van der Waals surface area contributed by atoms with Gasteiger partial charge in [-0.15, -0.1) is 0 Å². The quantitative estimate of drug-likeness (QED) is 0.787. The first kappa shape index (κ1) is 15.8. The molecule has 6 heteroatoms. The van der Waals surface area contributed by atoms with Crippen LogP contribution in [0.4, 0.5) is 0 Å². The summed E-state index contributed by atoms with van der Waals surface area (Å²) < 4.78 is 8.69. The normalized spacial score (nSPS) is 22.5. The van der Waals surface area contributed by atoms with Gasteiger partial charge in [0.2, 0.25) is 0 Å². The van der Waals surface area contributed by atoms with E-state index in [4.69, 9.17) is 4.74 Å². The summed E-state index contributed by atoms with van der Waals surface area (Å²) in [5.41, 5.74) is 4.67. The molecule has 4 heterocycles. The standard InChI is InChI=1S/C20H23N5O/c1-13-17-5-7-25(20(17)24-12-23-13)15-2-3-16(8-15)26-19-11-22-9-14-4-6-21-10-18(14)19/h5,7,9,11-12,15-16,21H,2-4,6,8,10H2,1H3. The van der Waals surface area contributed by atoms with Crippen molar-refractivity contribution < 1.29 is 4.74 Å². The summed E-state index contributed by atoms with van der Waals surface area (Å²) in [4.78, 5) is 13.2. The van der Waals surface area contributed by atoms with Crippen LogP contribution in [-0.2, 0) is 13.0 Å². The Balaban J connectivity index is 1.36. The summed E-state index contributed by atoms with van der Waals surface area (Å²) in [5.74, 6) is 0.955. The molecule has 1 aliphatic carbocycles. The molecule has 1 N–H and O–H groups in total. The zero-order valence-corrected chi connectivity index (χ0v) is 15.0. The summed E-state index contributed by atoms with van der Waals surface area (Å²) in [6.07, 6.45) is 12.1. The number of hydrogen-bond donors (Lipinski definition) is 1. The van der Waals surface area contributed by atoms with Gasteiger partial charge < -0.3 is 14.6 Å². The number of rotatable bonds is 3. The fourth-order valence-electron chi connectivity index (χ4n) is 4.31. The Morgan fingerprint density at radius 2 is 2.19 bits per heavy atom. The molecular weight excluding hydrogens is 326 g/mol. The molecule has 3 aromatic heterocycles. The predicted octanol–water partition coefficient (Wildman–Crippen LogP) is 2.95. The van der Waals surface area contributed by atoms with Crippen LogP contribution in [0.3, 0.4) is 0 Å². The van der Waals surface area contributed by atoms with Crippen molar-refractivity contribution in [2.24, 2.45) is 0 Å². The van der Waals surface area contributed by atoms with Crippen molar-refractivity contribution in [2.45, 2.75) is 51.3 Å². The molecule has 0 radical (unpaired) electrons. The summed E-state index contributed by atoms with van der Waals surface area (Å²) in [7, 11) is 0. The molecule has 3 aromatic rings. The molecule has 0 amide bonds. The molecule has 0 spiro atoms. The Bertz CT molecular complexity index is 951. The van der Waals surface area contributed by atoms with Gasteiger partial charge in [0.25, 0.3) is 0 Å². The van der Waals surface area contributed by atoms with Crippen LogP contribution in [0, 0.1) is 6.92 Å². The van der Waals surface area contributed by atoms with E-state index in [1.54, 1.807) is 6.33 Å². The van der Waals surface area contributed by atoms with Crippen LogP contribution < -0.4 is 10.1 Å². The minimum Gasteiger partial charge on any atom is -0.488 e. The number of aryl methyl sites for hydroxylation is 1. The van der Waals surface area contributed by atoms with E-state index in [1.165, 1.54) is 11.1 Å². The molecule has 5 rings (SSSR count). The third kappa shape index (κ3) is 2.65. The predicted molar refractivity (Wildman–Crippen MR) is 99.2 cm³/mol. The number of pyridine rings is 1. The van der Waals surface area contributed by atoms with E-state index in [0.717, 1.165) is 61.2 Å². The van der Waals surface area contributed by atoms with Gasteiger partial charge in [0, 0.05) is 42.4 Å². The second-order valence-corrected chi connectivity index (χ2v) is 7.33. The molecule has 1 saturated carbocycles. The topological polar surface area (TPSA) is 64.9 Å². The molecule has 0 saturated heterocycles. The van der Waals surface area contributed by atoms with Crippen molar-refractivity contribution in [2.75, 3.05) is 6.54 Å². The average Bonchev–Trinajstić information content (AvgIpc) is 3.29. The number of nitrogens with one attached hydrogen (secondary N) is 1. The Hall–Kier alpha value is -2.47. The van der Waals surface area contributed by atoms with E-state index in [9.17, 15) is 0 Å². The maximum absolute atomic E-state index is 6.39. The fraction of sp³-hybridized carbons (Fsp3) is 0.450. The van der Waals surface area contributed by atoms with Crippen LogP contribution in [-0.4, -0.2) is 32.2 Å². The van der Waals surface area contributed by atoms with Crippen molar-refractivity contribution in [3.8, 4) is 5.75 Å². The lowest BCUT2D eigenvalue weighted by atomic mass is 10.0. The molecule has 6 nitrogen and oxygen atoms in total. The van der Waals surface area contributed by atoms with E-state index < -0.39 is 0 Å². The van der Waals surface area contributed by atoms with E-state index >= 15 is 0 Å². The van der Waals surface area contributed by atoms with Gasteiger partial charge in [-0.2, -0.15) is 0 Å². The highest BCUT2D eigenvalue weighted by Gasteiger charge is 2.29. The SMILES string of the molecule is Cc1ncnc2c1ccn2C1CCC(Oc2cncc3c2CNCC3)C1. The zero-order chi connectivity index (χ0) is 17.5. The minimum absolute atomic E-state index is 0.232. The van der Waals surface area contributed by atoms with Gasteiger partial charge in [0.05, 0.1) is 11.9 Å². The average molecular weight is 349 g/mol. The number of ether oxygens (including phenoxy) is 1. The van der Waals surface area contributed by atoms with Crippen LogP contribution in [0.1, 0.15) is 42.1 Å². The number of nitrogens with zero attached hydrogens (tertiary/aromatic N) is 4. The van der Waals surface area contributed by atoms with Crippen molar-refractivity contribution in [3.05, 3.63) is 47.8 Å². The van der Waals surface area contributed by atoms with Crippen LogP contribution in [0.5, 0.6) is 5.75 Å². The first-order valence-electron chi connectivity index (χ1n) is 9.41. The van der Waals surface area contributed by atoms with E-state index in [2.05, 4.69) is 37.1 Å². The lowest BCUT2D eigenvalue weighted by Crippen LogP contribution is -2.25. The Morgan fingerprint density at radius 3 is 3.15 bits per heavy atom. The Labute approximate surface area is 152 Å². The number of aromatic nitrogens is 4. The van der Waals surface area contributed by atoms with Crippen LogP contribution in [0.15, 0.2) is 31.0 Å². The zero-order valence-electron chi connectivity index (χ0n) is 15.0. The van der Waals surface area contributed by atoms with E-state index in [-0.39, 0.29) is 6.10 Å². The largest absolute Gasteiger partial charge is 0.488 e. The summed E-state index contributed by atoms with van der Waals surface area (Å²) in [6, 6.07) is 2.56. The van der Waals surface area contributed by atoms with Crippen LogP contribution in [0.25, 0.3) is 11.0 Å². The van der Waals surface area contributed by atoms with Gasteiger partial charge in [-0.25, -0.2) is 9.97 Å². The molecule has 0 bridgehead atoms. The van der Waals surface area contributed by atoms with E-state index in [0.29, 0.717) is 6.04 Å². The highest BCUT2D eigenvalue weighted by Crippen LogP contribution is 2.36. The summed E-state index contributed by atoms with van der Waals surface area (Å²) >= 11 is 0. The second kappa shape index (κ2) is 6.36. The first-order chi connectivity index (χ1) is 12.8. The Kier molecular flexibility index (Phi) is 3.85. The monoisotopic (exact) mass is 349 g/mol. The van der Waals surface area contributed by atoms with Crippen molar-refractivity contribution in [1.82, 2.24) is 24.8 Å². The Morgan fingerprint density at radius 1 is 1.23 bits per heavy atom. The molecule has 2 unspecified atom stereocenters. The third-order valence-electron chi connectivity index (χ3n) is 5.73. The first-order valence-corrected chi connectivity index (χ1v) is 9.41. The minimum atomic E-state index is 0.232. The molecular formula is C20H23N5O.